The molecule has 52 heavy (non-hydrogen) atoms. The topological polar surface area (TPSA) is 133 Å². The van der Waals surface area contributed by atoms with Crippen molar-refractivity contribution < 1.29 is 42.8 Å². The number of Topliss-reactive ketones (excluding diaryl/α,β-unsaturated/α-hetero) is 2. The number of aliphatic hydroxyl groups excluding tert-OH is 2. The Hall–Kier alpha value is -0.670. The molecule has 0 radical (unpaired) electrons. The summed E-state index contributed by atoms with van der Waals surface area (Å²) in [4.78, 5) is 41.1. The number of quaternary nitrogens is 1. The molecule has 0 aliphatic rings. The third-order valence-corrected chi connectivity index (χ3v) is 11.3. The number of ketones is 2. The summed E-state index contributed by atoms with van der Waals surface area (Å²) >= 11 is 0. The Kier molecular flexibility index (Phi) is 31.1. The summed E-state index contributed by atoms with van der Waals surface area (Å²) in [5.41, 5.74) is -2.73. The minimum absolute atomic E-state index is 0.130. The van der Waals surface area contributed by atoms with E-state index in [1.54, 1.807) is 6.92 Å². The molecule has 0 aromatic carbocycles. The number of unbranched alkanes of at least 4 members (excludes halogenated alkanes) is 24. The quantitative estimate of drug-likeness (QED) is 0.0274. The Morgan fingerprint density at radius 3 is 1.19 bits per heavy atom. The van der Waals surface area contributed by atoms with Crippen LogP contribution in [0.25, 0.3) is 0 Å². The average Bonchev–Trinajstić information content (AvgIpc) is 3.09. The second-order valence-electron chi connectivity index (χ2n) is 16.4. The molecule has 0 bridgehead atoms. The van der Waals surface area contributed by atoms with Gasteiger partial charge in [-0.05, 0) is 19.3 Å². The number of carbonyl (C=O) groups is 2. The predicted molar refractivity (Wildman–Crippen MR) is 213 cm³/mol. The van der Waals surface area contributed by atoms with E-state index in [1.165, 1.54) is 103 Å². The highest BCUT2D eigenvalue weighted by molar-refractivity contribution is 7.46. The fourth-order valence-electron chi connectivity index (χ4n) is 7.02. The zero-order valence-electron chi connectivity index (χ0n) is 34.8. The number of rotatable bonds is 39. The zero-order chi connectivity index (χ0) is 39.1. The first-order chi connectivity index (χ1) is 24.8. The van der Waals surface area contributed by atoms with E-state index in [-0.39, 0.29) is 12.8 Å². The molecule has 0 aromatic rings. The molecule has 0 saturated carbocycles. The van der Waals surface area contributed by atoms with Crippen molar-refractivity contribution in [3.63, 3.8) is 0 Å². The number of aliphatic hydroxyl groups is 2. The van der Waals surface area contributed by atoms with Gasteiger partial charge in [-0.25, -0.2) is 0 Å². The van der Waals surface area contributed by atoms with E-state index in [1.807, 2.05) is 21.1 Å². The molecular formula is C42H84NO8P. The van der Waals surface area contributed by atoms with Crippen LogP contribution < -0.4 is 4.89 Å². The van der Waals surface area contributed by atoms with Crippen LogP contribution in [0.1, 0.15) is 207 Å². The summed E-state index contributed by atoms with van der Waals surface area (Å²) in [5.74, 6) is -1.62. The number of likely N-dealkylation sites (N-methyl/N-ethyl adjacent to an activating group) is 1. The summed E-state index contributed by atoms with van der Waals surface area (Å²) < 4.78 is 24.7. The molecule has 0 aliphatic heterocycles. The van der Waals surface area contributed by atoms with Gasteiger partial charge in [0.15, 0.2) is 11.6 Å². The standard InChI is InChI=1S/C42H84NO8P/c1-7-10-12-14-16-18-20-22-24-26-28-30-32-34-39(45)42(41(47)37-44,51-52(48,49)50-38(9-3)36-43(4,5)6)40(46)35-33-31-29-27-25-23-21-19-17-15-13-11-8-2/h38,41,44,47H,7-37H2,1-6H3/t38?,41-/m0/s1. The summed E-state index contributed by atoms with van der Waals surface area (Å²) in [6.45, 7) is 5.61. The smallest absolute Gasteiger partial charge is 0.269 e. The van der Waals surface area contributed by atoms with Gasteiger partial charge < -0.3 is 24.1 Å². The van der Waals surface area contributed by atoms with Crippen LogP contribution >= 0.6 is 7.82 Å². The van der Waals surface area contributed by atoms with E-state index in [9.17, 15) is 29.3 Å². The second-order valence-corrected chi connectivity index (χ2v) is 17.7. The first kappa shape index (κ1) is 51.3. The van der Waals surface area contributed by atoms with Crippen molar-refractivity contribution in [1.29, 1.82) is 0 Å². The van der Waals surface area contributed by atoms with Gasteiger partial charge in [0.1, 0.15) is 18.8 Å². The van der Waals surface area contributed by atoms with Crippen molar-refractivity contribution in [3.8, 4) is 0 Å². The number of hydrogen-bond donors (Lipinski definition) is 2. The molecular weight excluding hydrogens is 677 g/mol. The van der Waals surface area contributed by atoms with Gasteiger partial charge in [0.2, 0.25) is 5.60 Å². The fraction of sp³-hybridized carbons (Fsp3) is 0.952. The highest BCUT2D eigenvalue weighted by Crippen LogP contribution is 2.47. The number of hydrogen-bond acceptors (Lipinski definition) is 8. The number of phosphoric ester groups is 1. The third-order valence-electron chi connectivity index (χ3n) is 10.2. The lowest BCUT2D eigenvalue weighted by molar-refractivity contribution is -0.873. The monoisotopic (exact) mass is 762 g/mol. The van der Waals surface area contributed by atoms with Crippen LogP contribution in [0.5, 0.6) is 0 Å². The second kappa shape index (κ2) is 31.5. The van der Waals surface area contributed by atoms with Crippen molar-refractivity contribution in [2.24, 2.45) is 0 Å². The first-order valence-corrected chi connectivity index (χ1v) is 23.1. The molecule has 9 nitrogen and oxygen atoms in total. The lowest BCUT2D eigenvalue weighted by Gasteiger charge is -2.40. The van der Waals surface area contributed by atoms with E-state index in [2.05, 4.69) is 13.8 Å². The largest absolute Gasteiger partial charge is 0.756 e. The highest BCUT2D eigenvalue weighted by atomic mass is 31.2. The van der Waals surface area contributed by atoms with Crippen molar-refractivity contribution >= 4 is 19.4 Å². The summed E-state index contributed by atoms with van der Waals surface area (Å²) in [6, 6.07) is 0. The van der Waals surface area contributed by atoms with Gasteiger partial charge in [0.05, 0.1) is 27.7 Å². The third kappa shape index (κ3) is 25.4. The van der Waals surface area contributed by atoms with Crippen LogP contribution in [-0.2, 0) is 23.2 Å². The number of nitrogens with zero attached hydrogens (tertiary/aromatic N) is 1. The Labute approximate surface area is 320 Å². The Bertz CT molecular complexity index is 882. The Morgan fingerprint density at radius 1 is 0.615 bits per heavy atom. The SMILES string of the molecule is CCCCCCCCCCCCCCCC(=O)C(OP(=O)([O-])OC(CC)C[N+](C)(C)C)(C(=O)CCCCCCCCCCCCCCC)[C@@H](O)CO. The fourth-order valence-corrected chi connectivity index (χ4v) is 8.33. The Morgan fingerprint density at radius 2 is 0.923 bits per heavy atom. The molecule has 3 atom stereocenters. The van der Waals surface area contributed by atoms with E-state index in [4.69, 9.17) is 9.05 Å². The zero-order valence-corrected chi connectivity index (χ0v) is 35.7. The predicted octanol–water partition coefficient (Wildman–Crippen LogP) is 10.2. The van der Waals surface area contributed by atoms with Gasteiger partial charge in [-0.1, -0.05) is 175 Å². The van der Waals surface area contributed by atoms with Crippen molar-refractivity contribution in [1.82, 2.24) is 0 Å². The van der Waals surface area contributed by atoms with Gasteiger partial charge in [0.25, 0.3) is 7.82 Å². The summed E-state index contributed by atoms with van der Waals surface area (Å²) in [5, 5.41) is 21.1. The van der Waals surface area contributed by atoms with Gasteiger partial charge in [0, 0.05) is 12.8 Å². The van der Waals surface area contributed by atoms with Crippen molar-refractivity contribution in [3.05, 3.63) is 0 Å². The van der Waals surface area contributed by atoms with Gasteiger partial charge in [-0.2, -0.15) is 0 Å². The lowest BCUT2D eigenvalue weighted by atomic mass is 9.82. The molecule has 310 valence electrons. The molecule has 2 unspecified atom stereocenters. The average molecular weight is 762 g/mol. The van der Waals surface area contributed by atoms with Crippen LogP contribution in [0.3, 0.4) is 0 Å². The summed E-state index contributed by atoms with van der Waals surface area (Å²) in [7, 11) is 0.447. The van der Waals surface area contributed by atoms with E-state index in [0.29, 0.717) is 30.3 Å². The molecule has 0 fully saturated rings. The van der Waals surface area contributed by atoms with Crippen molar-refractivity contribution in [2.75, 3.05) is 34.3 Å². The molecule has 0 aliphatic carbocycles. The minimum Gasteiger partial charge on any atom is -0.756 e. The van der Waals surface area contributed by atoms with Gasteiger partial charge in [-0.3, -0.25) is 18.7 Å². The van der Waals surface area contributed by atoms with E-state index >= 15 is 0 Å². The van der Waals surface area contributed by atoms with Crippen LogP contribution in [0.2, 0.25) is 0 Å². The molecule has 0 saturated heterocycles. The number of phosphoric acid groups is 1. The molecule has 0 amide bonds. The lowest BCUT2D eigenvalue weighted by Crippen LogP contribution is -2.59. The maximum Gasteiger partial charge on any atom is 0.269 e. The molecule has 2 N–H and O–H groups in total. The van der Waals surface area contributed by atoms with Crippen LogP contribution in [0.15, 0.2) is 0 Å². The number of carbonyl (C=O) groups excluding carboxylic acids is 2. The maximum absolute atomic E-state index is 13.9. The van der Waals surface area contributed by atoms with E-state index in [0.717, 1.165) is 51.4 Å². The van der Waals surface area contributed by atoms with Crippen LogP contribution in [0, 0.1) is 0 Å². The molecule has 0 rings (SSSR count). The van der Waals surface area contributed by atoms with Crippen LogP contribution in [-0.4, -0.2) is 78.4 Å². The van der Waals surface area contributed by atoms with Crippen molar-refractivity contribution in [2.45, 2.75) is 225 Å². The minimum atomic E-state index is -5.26. The first-order valence-electron chi connectivity index (χ1n) is 21.7. The molecule has 10 heteroatoms. The van der Waals surface area contributed by atoms with Gasteiger partial charge in [-0.15, -0.1) is 0 Å². The highest BCUT2D eigenvalue weighted by Gasteiger charge is 2.54. The van der Waals surface area contributed by atoms with E-state index < -0.39 is 43.8 Å². The normalized spacial score (nSPS) is 14.7. The van der Waals surface area contributed by atoms with Gasteiger partial charge >= 0.3 is 0 Å². The maximum atomic E-state index is 13.9. The Balaban J connectivity index is 5.27. The summed E-state index contributed by atoms with van der Waals surface area (Å²) in [6.07, 6.45) is 26.5. The molecule has 0 spiro atoms. The molecule has 0 heterocycles. The van der Waals surface area contributed by atoms with Crippen LogP contribution in [0.4, 0.5) is 0 Å². The molecule has 0 aromatic heterocycles.